The first-order valence-corrected chi connectivity index (χ1v) is 12.9. The van der Waals surface area contributed by atoms with Crippen LogP contribution >= 0.6 is 11.6 Å². The summed E-state index contributed by atoms with van der Waals surface area (Å²) >= 11 is 6.23. The minimum absolute atomic E-state index is 0.0628. The smallest absolute Gasteiger partial charge is 0.264 e. The first-order chi connectivity index (χ1) is 16.7. The topological polar surface area (TPSA) is 88.1 Å². The largest absolute Gasteiger partial charge is 0.493 e. The maximum atomic E-state index is 13.3. The van der Waals surface area contributed by atoms with Crippen LogP contribution < -0.4 is 14.5 Å². The molecule has 3 aromatic rings. The Labute approximate surface area is 211 Å². The van der Waals surface area contributed by atoms with Gasteiger partial charge in [-0.05, 0) is 72.5 Å². The summed E-state index contributed by atoms with van der Waals surface area (Å²) in [5.74, 6) is 0.570. The number of ether oxygens (including phenoxy) is 1. The third-order valence-electron chi connectivity index (χ3n) is 4.93. The quantitative estimate of drug-likeness (QED) is 0.304. The van der Waals surface area contributed by atoms with Gasteiger partial charge in [0.05, 0.1) is 23.4 Å². The van der Waals surface area contributed by atoms with Gasteiger partial charge < -0.3 is 4.74 Å². The molecule has 7 nitrogen and oxygen atoms in total. The molecule has 1 amide bonds. The van der Waals surface area contributed by atoms with E-state index in [0.717, 1.165) is 21.2 Å². The van der Waals surface area contributed by atoms with E-state index in [9.17, 15) is 13.2 Å². The second-order valence-electron chi connectivity index (χ2n) is 8.33. The highest BCUT2D eigenvalue weighted by Crippen LogP contribution is 2.27. The van der Waals surface area contributed by atoms with Crippen LogP contribution in [0.25, 0.3) is 0 Å². The first-order valence-electron chi connectivity index (χ1n) is 11.1. The summed E-state index contributed by atoms with van der Waals surface area (Å²) in [4.78, 5) is 12.7. The molecule has 0 aromatic heterocycles. The molecular weight excluding hydrogens is 486 g/mol. The van der Waals surface area contributed by atoms with Gasteiger partial charge in [0.1, 0.15) is 12.3 Å². The molecule has 184 valence electrons. The predicted molar refractivity (Wildman–Crippen MR) is 140 cm³/mol. The number of benzene rings is 3. The molecule has 0 saturated heterocycles. The number of amides is 1. The lowest BCUT2D eigenvalue weighted by Gasteiger charge is -2.24. The molecule has 0 heterocycles. The van der Waals surface area contributed by atoms with E-state index in [4.69, 9.17) is 16.3 Å². The molecule has 0 saturated carbocycles. The lowest BCUT2D eigenvalue weighted by Crippen LogP contribution is -2.39. The average molecular weight is 514 g/mol. The maximum absolute atomic E-state index is 13.3. The number of nitrogens with one attached hydrogen (secondary N) is 1. The van der Waals surface area contributed by atoms with Gasteiger partial charge in [-0.1, -0.05) is 49.7 Å². The minimum Gasteiger partial charge on any atom is -0.493 e. The Balaban J connectivity index is 1.74. The molecule has 9 heteroatoms. The maximum Gasteiger partial charge on any atom is 0.264 e. The second-order valence-corrected chi connectivity index (χ2v) is 10.6. The Morgan fingerprint density at radius 2 is 1.77 bits per heavy atom. The molecule has 0 atom stereocenters. The number of hydrogen-bond acceptors (Lipinski definition) is 5. The van der Waals surface area contributed by atoms with Crippen molar-refractivity contribution in [3.8, 4) is 5.75 Å². The van der Waals surface area contributed by atoms with Crippen molar-refractivity contribution in [3.05, 3.63) is 88.9 Å². The van der Waals surface area contributed by atoms with Crippen molar-refractivity contribution in [2.24, 2.45) is 11.0 Å². The zero-order chi connectivity index (χ0) is 25.4. The van der Waals surface area contributed by atoms with Crippen molar-refractivity contribution in [1.29, 1.82) is 0 Å². The van der Waals surface area contributed by atoms with Gasteiger partial charge in [-0.25, -0.2) is 13.8 Å². The van der Waals surface area contributed by atoms with Crippen molar-refractivity contribution in [3.63, 3.8) is 0 Å². The van der Waals surface area contributed by atoms with Crippen molar-refractivity contribution in [2.75, 3.05) is 17.5 Å². The zero-order valence-corrected chi connectivity index (χ0v) is 21.4. The molecule has 0 spiro atoms. The van der Waals surface area contributed by atoms with E-state index >= 15 is 0 Å². The third-order valence-corrected chi connectivity index (χ3v) is 7.12. The molecular formula is C26H28ClN3O4S. The van der Waals surface area contributed by atoms with Crippen LogP contribution in [0.4, 0.5) is 5.69 Å². The van der Waals surface area contributed by atoms with Crippen LogP contribution in [0.15, 0.2) is 82.8 Å². The van der Waals surface area contributed by atoms with Crippen LogP contribution in [0.5, 0.6) is 5.75 Å². The molecule has 0 unspecified atom stereocenters. The van der Waals surface area contributed by atoms with Crippen molar-refractivity contribution >= 4 is 39.4 Å². The number of anilines is 1. The van der Waals surface area contributed by atoms with Crippen LogP contribution in [0.1, 0.15) is 25.0 Å². The Morgan fingerprint density at radius 1 is 1.09 bits per heavy atom. The molecule has 0 aliphatic heterocycles. The van der Waals surface area contributed by atoms with E-state index in [1.807, 2.05) is 31.2 Å². The van der Waals surface area contributed by atoms with E-state index in [1.165, 1.54) is 24.4 Å². The van der Waals surface area contributed by atoms with E-state index < -0.39 is 22.5 Å². The van der Waals surface area contributed by atoms with Crippen LogP contribution in [0.3, 0.4) is 0 Å². The highest BCUT2D eigenvalue weighted by Gasteiger charge is 2.27. The lowest BCUT2D eigenvalue weighted by atomic mass is 10.2. The van der Waals surface area contributed by atoms with E-state index in [1.54, 1.807) is 30.3 Å². The number of hydrazone groups is 1. The molecule has 3 rings (SSSR count). The number of carbonyl (C=O) groups excluding carboxylic acids is 1. The Bertz CT molecular complexity index is 1280. The number of hydrogen-bond donors (Lipinski definition) is 1. The molecule has 0 radical (unpaired) electrons. The lowest BCUT2D eigenvalue weighted by molar-refractivity contribution is -0.119. The summed E-state index contributed by atoms with van der Waals surface area (Å²) < 4.78 is 33.3. The van der Waals surface area contributed by atoms with Gasteiger partial charge in [-0.2, -0.15) is 5.10 Å². The minimum atomic E-state index is -4.02. The molecule has 0 bridgehead atoms. The summed E-state index contributed by atoms with van der Waals surface area (Å²) in [6.45, 7) is 6.10. The third kappa shape index (κ3) is 7.31. The van der Waals surface area contributed by atoms with E-state index in [-0.39, 0.29) is 10.6 Å². The van der Waals surface area contributed by atoms with Crippen molar-refractivity contribution in [1.82, 2.24) is 5.43 Å². The standard InChI is InChI=1S/C26H28ClN3O4S/c1-19(2)18-34-23-13-10-21(11-14-23)16-28-29-26(31)17-30(22-12-9-20(3)25(27)15-22)35(32,33)24-7-5-4-6-8-24/h4-16,19H,17-18H2,1-3H3,(H,29,31)/b28-16-. The van der Waals surface area contributed by atoms with Crippen LogP contribution in [-0.4, -0.2) is 33.7 Å². The normalized spacial score (nSPS) is 11.6. The highest BCUT2D eigenvalue weighted by molar-refractivity contribution is 7.92. The molecule has 0 aliphatic carbocycles. The summed E-state index contributed by atoms with van der Waals surface area (Å²) in [7, 11) is -4.02. The van der Waals surface area contributed by atoms with Gasteiger partial charge in [0.25, 0.3) is 15.9 Å². The number of aryl methyl sites for hydroxylation is 1. The van der Waals surface area contributed by atoms with Gasteiger partial charge in [-0.15, -0.1) is 0 Å². The fourth-order valence-electron chi connectivity index (χ4n) is 3.03. The van der Waals surface area contributed by atoms with Gasteiger partial charge >= 0.3 is 0 Å². The number of nitrogens with zero attached hydrogens (tertiary/aromatic N) is 2. The fourth-order valence-corrected chi connectivity index (χ4v) is 4.64. The van der Waals surface area contributed by atoms with Gasteiger partial charge in [0.15, 0.2) is 0 Å². The summed E-state index contributed by atoms with van der Waals surface area (Å²) in [6.07, 6.45) is 1.48. The second kappa shape index (κ2) is 11.9. The number of sulfonamides is 1. The molecule has 0 aliphatic rings. The summed E-state index contributed by atoms with van der Waals surface area (Å²) in [5, 5.41) is 4.36. The van der Waals surface area contributed by atoms with E-state index in [0.29, 0.717) is 17.5 Å². The van der Waals surface area contributed by atoms with Crippen LogP contribution in [0.2, 0.25) is 5.02 Å². The SMILES string of the molecule is Cc1ccc(N(CC(=O)N/N=C\c2ccc(OCC(C)C)cc2)S(=O)(=O)c2ccccc2)cc1Cl. The Kier molecular flexibility index (Phi) is 8.89. The predicted octanol–water partition coefficient (Wildman–Crippen LogP) is 5.03. The van der Waals surface area contributed by atoms with Gasteiger partial charge in [0.2, 0.25) is 0 Å². The van der Waals surface area contributed by atoms with Gasteiger partial charge in [0, 0.05) is 5.02 Å². The molecule has 1 N–H and O–H groups in total. The number of halogens is 1. The highest BCUT2D eigenvalue weighted by atomic mass is 35.5. The summed E-state index contributed by atoms with van der Waals surface area (Å²) in [6, 6.07) is 20.0. The van der Waals surface area contributed by atoms with Crippen LogP contribution in [0, 0.1) is 12.8 Å². The summed E-state index contributed by atoms with van der Waals surface area (Å²) in [5.41, 5.74) is 4.22. The van der Waals surface area contributed by atoms with Gasteiger partial charge in [-0.3, -0.25) is 9.10 Å². The van der Waals surface area contributed by atoms with E-state index in [2.05, 4.69) is 24.4 Å². The zero-order valence-electron chi connectivity index (χ0n) is 19.8. The van der Waals surface area contributed by atoms with Crippen molar-refractivity contribution in [2.45, 2.75) is 25.7 Å². The molecule has 0 fully saturated rings. The number of carbonyl (C=O) groups is 1. The first kappa shape index (κ1) is 26.2. The Hall–Kier alpha value is -3.36. The van der Waals surface area contributed by atoms with Crippen molar-refractivity contribution < 1.29 is 17.9 Å². The fraction of sp³-hybridized carbons (Fsp3) is 0.231. The molecule has 3 aromatic carbocycles. The van der Waals surface area contributed by atoms with Crippen LogP contribution in [-0.2, 0) is 14.8 Å². The number of rotatable bonds is 10. The monoisotopic (exact) mass is 513 g/mol. The Morgan fingerprint density at radius 3 is 2.40 bits per heavy atom. The average Bonchev–Trinajstić information content (AvgIpc) is 2.84. The molecule has 35 heavy (non-hydrogen) atoms.